The summed E-state index contributed by atoms with van der Waals surface area (Å²) >= 11 is 7.45. The van der Waals surface area contributed by atoms with Crippen molar-refractivity contribution in [2.24, 2.45) is 10.7 Å². The van der Waals surface area contributed by atoms with Crippen molar-refractivity contribution in [2.45, 2.75) is 20.3 Å². The fourth-order valence-electron chi connectivity index (χ4n) is 1.41. The number of nitrogens with zero attached hydrogens (tertiary/aromatic N) is 2. The summed E-state index contributed by atoms with van der Waals surface area (Å²) in [6.07, 6.45) is 0.902. The van der Waals surface area contributed by atoms with Crippen molar-refractivity contribution < 1.29 is 0 Å². The van der Waals surface area contributed by atoms with Gasteiger partial charge in [0.15, 0.2) is 5.96 Å². The van der Waals surface area contributed by atoms with E-state index in [4.69, 9.17) is 17.3 Å². The number of hydrogen-bond donors (Lipinski definition) is 1. The van der Waals surface area contributed by atoms with E-state index >= 15 is 0 Å². The van der Waals surface area contributed by atoms with Gasteiger partial charge in [0.05, 0.1) is 4.34 Å². The maximum absolute atomic E-state index is 5.86. The summed E-state index contributed by atoms with van der Waals surface area (Å²) in [6, 6.07) is 3.95. The fourth-order valence-corrected chi connectivity index (χ4v) is 2.49. The maximum Gasteiger partial charge on any atom is 0.191 e. The molecule has 0 saturated carbocycles. The number of hydrogen-bond acceptors (Lipinski definition) is 2. The van der Waals surface area contributed by atoms with E-state index in [1.165, 1.54) is 4.88 Å². The van der Waals surface area contributed by atoms with Crippen LogP contribution in [0.4, 0.5) is 0 Å². The van der Waals surface area contributed by atoms with Gasteiger partial charge in [-0.2, -0.15) is 0 Å². The van der Waals surface area contributed by atoms with Crippen molar-refractivity contribution in [1.29, 1.82) is 0 Å². The Kier molecular flexibility index (Phi) is 5.63. The lowest BCUT2D eigenvalue weighted by atomic mass is 10.3. The minimum absolute atomic E-state index is 0.632. The predicted molar refractivity (Wildman–Crippen MR) is 72.4 cm³/mol. The highest BCUT2D eigenvalue weighted by Gasteiger charge is 2.02. The molecule has 0 atom stereocenters. The van der Waals surface area contributed by atoms with Crippen LogP contribution in [0.5, 0.6) is 0 Å². The lowest BCUT2D eigenvalue weighted by Gasteiger charge is -2.19. The monoisotopic (exact) mass is 259 g/mol. The predicted octanol–water partition coefficient (Wildman–Crippen LogP) is 2.60. The van der Waals surface area contributed by atoms with Crippen LogP contribution in [0.25, 0.3) is 0 Å². The van der Waals surface area contributed by atoms with Crippen LogP contribution in [0.1, 0.15) is 18.7 Å². The Labute approximate surface area is 106 Å². The Balaban J connectivity index is 2.41. The molecule has 1 heterocycles. The second kappa shape index (κ2) is 6.76. The molecular formula is C11H18ClN3S. The second-order valence-corrected chi connectivity index (χ2v) is 5.17. The van der Waals surface area contributed by atoms with Gasteiger partial charge in [-0.25, -0.2) is 0 Å². The fraction of sp³-hybridized carbons (Fsp3) is 0.545. The Morgan fingerprint density at radius 3 is 2.62 bits per heavy atom. The molecule has 2 N–H and O–H groups in total. The molecule has 0 radical (unpaired) electrons. The third kappa shape index (κ3) is 4.02. The largest absolute Gasteiger partial charge is 0.370 e. The second-order valence-electron chi connectivity index (χ2n) is 3.37. The summed E-state index contributed by atoms with van der Waals surface area (Å²) in [5, 5.41) is 0. The van der Waals surface area contributed by atoms with E-state index in [-0.39, 0.29) is 0 Å². The lowest BCUT2D eigenvalue weighted by Crippen LogP contribution is -2.37. The third-order valence-corrected chi connectivity index (χ3v) is 3.64. The van der Waals surface area contributed by atoms with Crippen molar-refractivity contribution in [2.75, 3.05) is 19.6 Å². The molecule has 0 aliphatic heterocycles. The van der Waals surface area contributed by atoms with Crippen molar-refractivity contribution in [3.05, 3.63) is 21.3 Å². The molecule has 0 aliphatic carbocycles. The minimum atomic E-state index is 0.632. The van der Waals surface area contributed by atoms with Crippen molar-refractivity contribution >= 4 is 28.9 Å². The van der Waals surface area contributed by atoms with Gasteiger partial charge >= 0.3 is 0 Å². The summed E-state index contributed by atoms with van der Waals surface area (Å²) in [7, 11) is 0. The van der Waals surface area contributed by atoms with Gasteiger partial charge in [0.25, 0.3) is 0 Å². The van der Waals surface area contributed by atoms with Crippen LogP contribution in [0.2, 0.25) is 4.34 Å². The first-order valence-corrected chi connectivity index (χ1v) is 6.65. The summed E-state index contributed by atoms with van der Waals surface area (Å²) < 4.78 is 0.829. The Hall–Kier alpha value is -0.740. The van der Waals surface area contributed by atoms with Crippen LogP contribution in [0.15, 0.2) is 17.1 Å². The highest BCUT2D eigenvalue weighted by molar-refractivity contribution is 7.16. The van der Waals surface area contributed by atoms with Crippen LogP contribution in [-0.4, -0.2) is 30.5 Å². The van der Waals surface area contributed by atoms with E-state index < -0.39 is 0 Å². The normalized spacial score (nSPS) is 11.8. The first-order chi connectivity index (χ1) is 7.67. The topological polar surface area (TPSA) is 41.6 Å². The number of rotatable bonds is 5. The molecular weight excluding hydrogens is 242 g/mol. The average Bonchev–Trinajstić information content (AvgIpc) is 2.66. The maximum atomic E-state index is 5.86. The lowest BCUT2D eigenvalue weighted by molar-refractivity contribution is 0.458. The molecule has 0 aliphatic rings. The molecule has 90 valence electrons. The molecule has 1 aromatic heterocycles. The number of halogens is 1. The summed E-state index contributed by atoms with van der Waals surface area (Å²) in [4.78, 5) is 7.65. The van der Waals surface area contributed by atoms with E-state index in [0.29, 0.717) is 5.96 Å². The molecule has 0 spiro atoms. The number of thiophene rings is 1. The molecule has 1 aromatic rings. The van der Waals surface area contributed by atoms with Crippen LogP contribution in [0.3, 0.4) is 0 Å². The van der Waals surface area contributed by atoms with Crippen LogP contribution in [0, 0.1) is 0 Å². The first-order valence-electron chi connectivity index (χ1n) is 5.46. The average molecular weight is 260 g/mol. The summed E-state index contributed by atoms with van der Waals surface area (Å²) in [6.45, 7) is 6.67. The Morgan fingerprint density at radius 2 is 2.12 bits per heavy atom. The van der Waals surface area contributed by atoms with Gasteiger partial charge in [0.2, 0.25) is 0 Å². The van der Waals surface area contributed by atoms with Gasteiger partial charge in [0.1, 0.15) is 0 Å². The highest BCUT2D eigenvalue weighted by atomic mass is 35.5. The van der Waals surface area contributed by atoms with Gasteiger partial charge in [-0.05, 0) is 26.0 Å². The number of guanidine groups is 1. The molecule has 1 rings (SSSR count). The minimum Gasteiger partial charge on any atom is -0.370 e. The SMILES string of the molecule is CCN(CC)C(N)=NCCc1ccc(Cl)s1. The van der Waals surface area contributed by atoms with Crippen LogP contribution >= 0.6 is 22.9 Å². The van der Waals surface area contributed by atoms with Crippen molar-refractivity contribution in [3.63, 3.8) is 0 Å². The Morgan fingerprint density at radius 1 is 1.44 bits per heavy atom. The van der Waals surface area contributed by atoms with Crippen LogP contribution in [-0.2, 0) is 6.42 Å². The summed E-state index contributed by atoms with van der Waals surface area (Å²) in [5.41, 5.74) is 5.86. The zero-order chi connectivity index (χ0) is 12.0. The number of nitrogens with two attached hydrogens (primary N) is 1. The molecule has 3 nitrogen and oxygen atoms in total. The first kappa shape index (κ1) is 13.3. The molecule has 0 unspecified atom stereocenters. The summed E-state index contributed by atoms with van der Waals surface area (Å²) in [5.74, 6) is 0.632. The van der Waals surface area contributed by atoms with Gasteiger partial charge in [-0.15, -0.1) is 11.3 Å². The van der Waals surface area contributed by atoms with E-state index in [2.05, 4.69) is 18.8 Å². The standard InChI is InChI=1S/C11H18ClN3S/c1-3-15(4-2)11(13)14-8-7-9-5-6-10(12)16-9/h5-6H,3-4,7-8H2,1-2H3,(H2,13,14). The molecule has 0 amide bonds. The van der Waals surface area contributed by atoms with E-state index in [9.17, 15) is 0 Å². The molecule has 0 aromatic carbocycles. The van der Waals surface area contributed by atoms with E-state index in [1.807, 2.05) is 17.0 Å². The number of aliphatic imine (C=N–C) groups is 1. The Bertz CT molecular complexity index is 345. The zero-order valence-electron chi connectivity index (χ0n) is 9.74. The molecule has 0 saturated heterocycles. The van der Waals surface area contributed by atoms with Gasteiger partial charge in [0, 0.05) is 30.9 Å². The van der Waals surface area contributed by atoms with Gasteiger partial charge in [-0.1, -0.05) is 11.6 Å². The van der Waals surface area contributed by atoms with Crippen molar-refractivity contribution in [1.82, 2.24) is 4.90 Å². The van der Waals surface area contributed by atoms with Gasteiger partial charge in [-0.3, -0.25) is 4.99 Å². The third-order valence-electron chi connectivity index (χ3n) is 2.35. The molecule has 5 heteroatoms. The van der Waals surface area contributed by atoms with Gasteiger partial charge < -0.3 is 10.6 Å². The molecule has 16 heavy (non-hydrogen) atoms. The van der Waals surface area contributed by atoms with E-state index in [1.54, 1.807) is 11.3 Å². The highest BCUT2D eigenvalue weighted by Crippen LogP contribution is 2.21. The smallest absolute Gasteiger partial charge is 0.191 e. The zero-order valence-corrected chi connectivity index (χ0v) is 11.3. The van der Waals surface area contributed by atoms with E-state index in [0.717, 1.165) is 30.4 Å². The van der Waals surface area contributed by atoms with Crippen molar-refractivity contribution in [3.8, 4) is 0 Å². The quantitative estimate of drug-likeness (QED) is 0.652. The molecule has 0 fully saturated rings. The van der Waals surface area contributed by atoms with Crippen LogP contribution < -0.4 is 5.73 Å². The molecule has 0 bridgehead atoms.